The molecule has 2 rings (SSSR count). The molecule has 0 saturated carbocycles. The van der Waals surface area contributed by atoms with Crippen molar-refractivity contribution < 1.29 is 9.59 Å². The molecular weight excluding hydrogens is 330 g/mol. The number of allylic oxidation sites excluding steroid dienone is 2. The summed E-state index contributed by atoms with van der Waals surface area (Å²) >= 11 is 2.71. The van der Waals surface area contributed by atoms with Crippen LogP contribution in [0.4, 0.5) is 0 Å². The molecule has 1 aromatic rings. The number of thioether (sulfide) groups is 1. The van der Waals surface area contributed by atoms with Gasteiger partial charge in [-0.25, -0.2) is 4.99 Å². The molecule has 0 saturated heterocycles. The first-order valence-corrected chi connectivity index (χ1v) is 8.88. The smallest absolute Gasteiger partial charge is 0.227 e. The van der Waals surface area contributed by atoms with Gasteiger partial charge in [0.2, 0.25) is 5.91 Å². The monoisotopic (exact) mass is 347 g/mol. The predicted molar refractivity (Wildman–Crippen MR) is 93.4 cm³/mol. The normalized spacial score (nSPS) is 20.9. The molecule has 0 bridgehead atoms. The van der Waals surface area contributed by atoms with E-state index in [1.165, 1.54) is 30.0 Å². The molecule has 0 radical (unpaired) electrons. The van der Waals surface area contributed by atoms with Crippen LogP contribution in [0.3, 0.4) is 0 Å². The maximum absolute atomic E-state index is 12.1. The maximum Gasteiger partial charge on any atom is 0.227 e. The van der Waals surface area contributed by atoms with Gasteiger partial charge in [0.1, 0.15) is 5.92 Å². The fourth-order valence-electron chi connectivity index (χ4n) is 2.69. The van der Waals surface area contributed by atoms with Crippen LogP contribution in [0, 0.1) is 24.2 Å². The summed E-state index contributed by atoms with van der Waals surface area (Å²) in [5.41, 5.74) is 7.43. The highest BCUT2D eigenvalue weighted by Crippen LogP contribution is 2.44. The lowest BCUT2D eigenvalue weighted by molar-refractivity contribution is -0.115. The Kier molecular flexibility index (Phi) is 5.39. The molecule has 5 nitrogen and oxygen atoms in total. The maximum atomic E-state index is 12.1. The van der Waals surface area contributed by atoms with E-state index in [0.717, 1.165) is 10.4 Å². The van der Waals surface area contributed by atoms with E-state index in [-0.39, 0.29) is 17.5 Å². The van der Waals surface area contributed by atoms with Crippen molar-refractivity contribution in [3.8, 4) is 6.07 Å². The summed E-state index contributed by atoms with van der Waals surface area (Å²) in [4.78, 5) is 28.6. The Labute approximate surface area is 143 Å². The van der Waals surface area contributed by atoms with E-state index >= 15 is 0 Å². The van der Waals surface area contributed by atoms with Crippen molar-refractivity contribution in [1.29, 1.82) is 5.26 Å². The fraction of sp³-hybridized carbons (Fsp3) is 0.375. The molecule has 0 spiro atoms. The zero-order valence-corrected chi connectivity index (χ0v) is 14.8. The number of thiophene rings is 1. The molecule has 2 N–H and O–H groups in total. The summed E-state index contributed by atoms with van der Waals surface area (Å²) in [5, 5.41) is 12.2. The number of carbonyl (C=O) groups is 2. The van der Waals surface area contributed by atoms with Crippen molar-refractivity contribution in [3.05, 3.63) is 33.2 Å². The molecule has 1 aromatic heterocycles. The Bertz CT molecular complexity index is 756. The van der Waals surface area contributed by atoms with E-state index in [1.807, 2.05) is 18.4 Å². The Morgan fingerprint density at radius 2 is 2.17 bits per heavy atom. The second-order valence-electron chi connectivity index (χ2n) is 5.31. The molecule has 1 amide bonds. The molecule has 0 fully saturated rings. The van der Waals surface area contributed by atoms with E-state index in [4.69, 9.17) is 5.73 Å². The summed E-state index contributed by atoms with van der Waals surface area (Å²) in [7, 11) is 0. The minimum Gasteiger partial charge on any atom is -0.369 e. The topological polar surface area (TPSA) is 96.3 Å². The number of amides is 1. The number of aliphatic imine (C=N–C) groups is 1. The number of aryl methyl sites for hydroxylation is 1. The van der Waals surface area contributed by atoms with Crippen LogP contribution in [0.1, 0.15) is 30.2 Å². The van der Waals surface area contributed by atoms with E-state index < -0.39 is 11.8 Å². The van der Waals surface area contributed by atoms with E-state index in [0.29, 0.717) is 16.3 Å². The van der Waals surface area contributed by atoms with Crippen molar-refractivity contribution in [2.45, 2.75) is 26.7 Å². The summed E-state index contributed by atoms with van der Waals surface area (Å²) in [5.74, 6) is -1.40. The Balaban J connectivity index is 2.56. The number of ketones is 1. The lowest BCUT2D eigenvalue weighted by Crippen LogP contribution is -2.29. The number of carbonyl (C=O) groups excluding carboxylic acids is 2. The quantitative estimate of drug-likeness (QED) is 0.905. The molecule has 1 aliphatic rings. The van der Waals surface area contributed by atoms with Gasteiger partial charge in [-0.05, 0) is 37.8 Å². The van der Waals surface area contributed by atoms with Crippen molar-refractivity contribution in [2.75, 3.05) is 5.75 Å². The third-order valence-electron chi connectivity index (χ3n) is 3.64. The summed E-state index contributed by atoms with van der Waals surface area (Å²) < 4.78 is 0. The van der Waals surface area contributed by atoms with E-state index in [2.05, 4.69) is 11.1 Å². The fourth-order valence-corrected chi connectivity index (χ4v) is 4.62. The highest BCUT2D eigenvalue weighted by Gasteiger charge is 2.38. The average Bonchev–Trinajstić information content (AvgIpc) is 2.89. The predicted octanol–water partition coefficient (Wildman–Crippen LogP) is 2.77. The number of hydrogen-bond acceptors (Lipinski definition) is 6. The van der Waals surface area contributed by atoms with Gasteiger partial charge in [0.15, 0.2) is 5.78 Å². The number of primary amides is 1. The Morgan fingerprint density at radius 1 is 1.48 bits per heavy atom. The molecule has 23 heavy (non-hydrogen) atoms. The van der Waals surface area contributed by atoms with Gasteiger partial charge in [0, 0.05) is 22.1 Å². The van der Waals surface area contributed by atoms with Gasteiger partial charge in [-0.1, -0.05) is 11.8 Å². The van der Waals surface area contributed by atoms with Gasteiger partial charge in [-0.15, -0.1) is 11.3 Å². The minimum absolute atomic E-state index is 0.0653. The molecule has 7 heteroatoms. The number of Topliss-reactive ketones (excluding diaryl/α,β-unsaturated/α-hetero) is 1. The molecule has 0 aromatic carbocycles. The van der Waals surface area contributed by atoms with Crippen molar-refractivity contribution in [1.82, 2.24) is 0 Å². The van der Waals surface area contributed by atoms with Gasteiger partial charge in [0.25, 0.3) is 0 Å². The van der Waals surface area contributed by atoms with Gasteiger partial charge in [0.05, 0.1) is 16.9 Å². The van der Waals surface area contributed by atoms with Crippen molar-refractivity contribution in [3.63, 3.8) is 0 Å². The first-order valence-electron chi connectivity index (χ1n) is 7.01. The zero-order valence-electron chi connectivity index (χ0n) is 13.1. The average molecular weight is 347 g/mol. The molecular formula is C16H17N3O2S2. The van der Waals surface area contributed by atoms with Gasteiger partial charge in [-0.2, -0.15) is 5.26 Å². The summed E-state index contributed by atoms with van der Waals surface area (Å²) in [6.07, 6.45) is 0. The molecule has 1 unspecified atom stereocenters. The second-order valence-corrected chi connectivity index (χ2v) is 7.26. The minimum atomic E-state index is -0.584. The van der Waals surface area contributed by atoms with E-state index in [9.17, 15) is 14.9 Å². The largest absolute Gasteiger partial charge is 0.369 e. The number of nitrogens with two attached hydrogens (primary N) is 1. The third kappa shape index (κ3) is 3.54. The zero-order chi connectivity index (χ0) is 17.1. The van der Waals surface area contributed by atoms with Crippen molar-refractivity contribution >= 4 is 39.8 Å². The van der Waals surface area contributed by atoms with Crippen LogP contribution in [-0.2, 0) is 9.59 Å². The van der Waals surface area contributed by atoms with Crippen LogP contribution in [0.2, 0.25) is 0 Å². The van der Waals surface area contributed by atoms with E-state index in [1.54, 1.807) is 6.92 Å². The van der Waals surface area contributed by atoms with Crippen molar-refractivity contribution in [2.24, 2.45) is 16.6 Å². The number of rotatable bonds is 4. The molecule has 2 atom stereocenters. The number of nitriles is 1. The summed E-state index contributed by atoms with van der Waals surface area (Å²) in [6, 6.07) is 4.24. The van der Waals surface area contributed by atoms with Crippen LogP contribution in [0.25, 0.3) is 0 Å². The second kappa shape index (κ2) is 7.11. The third-order valence-corrected chi connectivity index (χ3v) is 5.81. The lowest BCUT2D eigenvalue weighted by atomic mass is 9.80. The van der Waals surface area contributed by atoms with Crippen LogP contribution in [-0.4, -0.2) is 22.5 Å². The Hall–Kier alpha value is -1.91. The molecule has 0 aliphatic carbocycles. The lowest BCUT2D eigenvalue weighted by Gasteiger charge is -2.29. The highest BCUT2D eigenvalue weighted by molar-refractivity contribution is 8.14. The molecule has 120 valence electrons. The van der Waals surface area contributed by atoms with Gasteiger partial charge < -0.3 is 5.73 Å². The van der Waals surface area contributed by atoms with Crippen LogP contribution in [0.5, 0.6) is 0 Å². The van der Waals surface area contributed by atoms with Crippen LogP contribution in [0.15, 0.2) is 27.7 Å². The van der Waals surface area contributed by atoms with Crippen LogP contribution < -0.4 is 5.73 Å². The van der Waals surface area contributed by atoms with Gasteiger partial charge >= 0.3 is 0 Å². The highest BCUT2D eigenvalue weighted by atomic mass is 32.2. The SMILES string of the molecule is CC(=O)C1=C(C)N=C(SCC(N)=O)C(C#N)[C@@H]1c1sccc1C. The summed E-state index contributed by atoms with van der Waals surface area (Å²) in [6.45, 7) is 5.24. The Morgan fingerprint density at radius 3 is 2.65 bits per heavy atom. The van der Waals surface area contributed by atoms with Gasteiger partial charge in [-0.3, -0.25) is 9.59 Å². The molecule has 1 aliphatic heterocycles. The first-order chi connectivity index (χ1) is 10.9. The molecule has 2 heterocycles. The number of hydrogen-bond donors (Lipinski definition) is 1. The number of nitrogens with zero attached hydrogens (tertiary/aromatic N) is 2. The van der Waals surface area contributed by atoms with Crippen LogP contribution >= 0.6 is 23.1 Å². The standard InChI is InChI=1S/C16H17N3O2S2/c1-8-4-5-22-15(8)14-11(6-17)16(23-7-12(18)21)19-9(2)13(14)10(3)20/h4-5,11,14H,7H2,1-3H3,(H2,18,21)/t11?,14-/m0/s1. The first kappa shape index (κ1) is 17.4.